The average molecular weight is 345 g/mol. The monoisotopic (exact) mass is 344 g/mol. The molecule has 1 N–H and O–H groups in total. The molecule has 0 bridgehead atoms. The Bertz CT molecular complexity index is 827. The van der Waals surface area contributed by atoms with Gasteiger partial charge in [0.25, 0.3) is 0 Å². The summed E-state index contributed by atoms with van der Waals surface area (Å²) in [4.78, 5) is 16.4. The maximum Gasteiger partial charge on any atom is 0.224 e. The van der Waals surface area contributed by atoms with E-state index in [0.717, 1.165) is 21.8 Å². The summed E-state index contributed by atoms with van der Waals surface area (Å²) in [7, 11) is 0. The second kappa shape index (κ2) is 7.11. The van der Waals surface area contributed by atoms with Crippen molar-refractivity contribution in [2.45, 2.75) is 19.8 Å². The summed E-state index contributed by atoms with van der Waals surface area (Å²) >= 11 is 7.28. The van der Waals surface area contributed by atoms with Crippen molar-refractivity contribution in [1.29, 1.82) is 0 Å². The molecular formula is C18H17ClN2OS. The molecule has 1 heterocycles. The molecule has 3 nitrogen and oxygen atoms in total. The first-order valence-corrected chi connectivity index (χ1v) is 8.84. The Morgan fingerprint density at radius 2 is 2.00 bits per heavy atom. The zero-order valence-electron chi connectivity index (χ0n) is 12.8. The smallest absolute Gasteiger partial charge is 0.224 e. The van der Waals surface area contributed by atoms with Gasteiger partial charge in [-0.1, -0.05) is 6.07 Å². The molecule has 0 aliphatic heterocycles. The first-order valence-electron chi connectivity index (χ1n) is 7.49. The Morgan fingerprint density at radius 1 is 1.22 bits per heavy atom. The number of halogens is 1. The highest BCUT2D eigenvalue weighted by Crippen LogP contribution is 2.31. The lowest BCUT2D eigenvalue weighted by atomic mass is 10.2. The van der Waals surface area contributed by atoms with Gasteiger partial charge in [-0.2, -0.15) is 0 Å². The number of aromatic nitrogens is 1. The highest BCUT2D eigenvalue weighted by Gasteiger charge is 2.07. The van der Waals surface area contributed by atoms with E-state index in [0.29, 0.717) is 18.7 Å². The summed E-state index contributed by atoms with van der Waals surface area (Å²) in [6, 6.07) is 14.1. The van der Waals surface area contributed by atoms with Crippen molar-refractivity contribution >= 4 is 44.7 Å². The fraction of sp³-hybridized carbons (Fsp3) is 0.222. The molecule has 0 fully saturated rings. The molecule has 0 saturated heterocycles. The minimum Gasteiger partial charge on any atom is -0.326 e. The van der Waals surface area contributed by atoms with Crippen LogP contribution in [0.5, 0.6) is 0 Å². The van der Waals surface area contributed by atoms with Crippen molar-refractivity contribution in [3.05, 3.63) is 48.0 Å². The van der Waals surface area contributed by atoms with E-state index < -0.39 is 0 Å². The van der Waals surface area contributed by atoms with E-state index in [1.54, 1.807) is 11.3 Å². The van der Waals surface area contributed by atoms with Crippen LogP contribution in [0, 0.1) is 6.92 Å². The van der Waals surface area contributed by atoms with E-state index in [1.165, 1.54) is 10.3 Å². The van der Waals surface area contributed by atoms with Crippen LogP contribution in [0.1, 0.15) is 18.4 Å². The zero-order valence-corrected chi connectivity index (χ0v) is 14.4. The van der Waals surface area contributed by atoms with E-state index in [4.69, 9.17) is 11.6 Å². The number of hydrogen-bond donors (Lipinski definition) is 1. The molecule has 23 heavy (non-hydrogen) atoms. The van der Waals surface area contributed by atoms with Gasteiger partial charge in [0.15, 0.2) is 0 Å². The summed E-state index contributed by atoms with van der Waals surface area (Å²) in [5, 5.41) is 3.87. The van der Waals surface area contributed by atoms with Gasteiger partial charge in [-0.15, -0.1) is 22.9 Å². The Morgan fingerprint density at radius 3 is 2.74 bits per heavy atom. The number of nitrogens with one attached hydrogen (secondary N) is 1. The van der Waals surface area contributed by atoms with E-state index >= 15 is 0 Å². The molecule has 2 aromatic carbocycles. The summed E-state index contributed by atoms with van der Waals surface area (Å²) in [6.45, 7) is 2.08. The highest BCUT2D eigenvalue weighted by molar-refractivity contribution is 7.21. The van der Waals surface area contributed by atoms with Gasteiger partial charge in [0.05, 0.1) is 10.2 Å². The minimum atomic E-state index is -0.00568. The van der Waals surface area contributed by atoms with Crippen LogP contribution < -0.4 is 5.32 Å². The number of fused-ring (bicyclic) bond motifs is 1. The van der Waals surface area contributed by atoms with Gasteiger partial charge < -0.3 is 5.32 Å². The lowest BCUT2D eigenvalue weighted by molar-refractivity contribution is -0.116. The fourth-order valence-electron chi connectivity index (χ4n) is 2.30. The van der Waals surface area contributed by atoms with Crippen molar-refractivity contribution in [2.24, 2.45) is 0 Å². The Labute approximate surface area is 144 Å². The summed E-state index contributed by atoms with van der Waals surface area (Å²) in [5.41, 5.74) is 4.12. The number of thiazole rings is 1. The topological polar surface area (TPSA) is 42.0 Å². The van der Waals surface area contributed by atoms with Crippen molar-refractivity contribution in [3.63, 3.8) is 0 Å². The first kappa shape index (κ1) is 16.0. The number of rotatable bonds is 5. The van der Waals surface area contributed by atoms with Crippen LogP contribution in [0.3, 0.4) is 0 Å². The maximum absolute atomic E-state index is 11.7. The van der Waals surface area contributed by atoms with Crippen LogP contribution in [-0.2, 0) is 4.79 Å². The number of benzene rings is 2. The summed E-state index contributed by atoms with van der Waals surface area (Å²) in [5.74, 6) is 0.498. The second-order valence-electron chi connectivity index (χ2n) is 5.41. The Kier molecular flexibility index (Phi) is 4.94. The zero-order chi connectivity index (χ0) is 16.2. The predicted octanol–water partition coefficient (Wildman–Crippen LogP) is 5.23. The van der Waals surface area contributed by atoms with Crippen LogP contribution in [0.15, 0.2) is 42.5 Å². The SMILES string of the molecule is Cc1ccc2nc(-c3ccc(NC(=O)CCCCl)cc3)sc2c1. The van der Waals surface area contributed by atoms with Crippen LogP contribution in [0.4, 0.5) is 5.69 Å². The van der Waals surface area contributed by atoms with E-state index in [-0.39, 0.29) is 5.91 Å². The highest BCUT2D eigenvalue weighted by atomic mass is 35.5. The third-order valence-electron chi connectivity index (χ3n) is 3.50. The van der Waals surface area contributed by atoms with Crippen LogP contribution in [0.2, 0.25) is 0 Å². The molecule has 3 rings (SSSR count). The van der Waals surface area contributed by atoms with Crippen molar-refractivity contribution in [1.82, 2.24) is 4.98 Å². The molecule has 0 unspecified atom stereocenters. The van der Waals surface area contributed by atoms with Crippen LogP contribution in [0.25, 0.3) is 20.8 Å². The molecule has 1 aromatic heterocycles. The van der Waals surface area contributed by atoms with E-state index in [1.807, 2.05) is 24.3 Å². The molecule has 0 aliphatic carbocycles. The standard InChI is InChI=1S/C18H17ClN2OS/c1-12-4-9-15-16(11-12)23-18(21-15)13-5-7-14(8-6-13)20-17(22)3-2-10-19/h4-9,11H,2-3,10H2,1H3,(H,20,22). The number of carbonyl (C=O) groups excluding carboxylic acids is 1. The largest absolute Gasteiger partial charge is 0.326 e. The van der Waals surface area contributed by atoms with Crippen molar-refractivity contribution in [2.75, 3.05) is 11.2 Å². The van der Waals surface area contributed by atoms with Gasteiger partial charge in [-0.05, 0) is 55.3 Å². The van der Waals surface area contributed by atoms with Gasteiger partial charge in [-0.25, -0.2) is 4.98 Å². The van der Waals surface area contributed by atoms with Crippen LogP contribution >= 0.6 is 22.9 Å². The molecule has 0 atom stereocenters. The number of nitrogens with zero attached hydrogens (tertiary/aromatic N) is 1. The third-order valence-corrected chi connectivity index (χ3v) is 4.83. The van der Waals surface area contributed by atoms with E-state index in [9.17, 15) is 4.79 Å². The normalized spacial score (nSPS) is 10.9. The fourth-order valence-corrected chi connectivity index (χ4v) is 3.51. The third kappa shape index (κ3) is 3.89. The number of anilines is 1. The minimum absolute atomic E-state index is 0.00568. The molecular weight excluding hydrogens is 328 g/mol. The molecule has 0 radical (unpaired) electrons. The summed E-state index contributed by atoms with van der Waals surface area (Å²) in [6.07, 6.45) is 1.14. The number of alkyl halides is 1. The van der Waals surface area contributed by atoms with Crippen molar-refractivity contribution < 1.29 is 4.79 Å². The Balaban J connectivity index is 1.76. The lowest BCUT2D eigenvalue weighted by Gasteiger charge is -2.05. The number of amides is 1. The predicted molar refractivity (Wildman–Crippen MR) is 98.4 cm³/mol. The van der Waals surface area contributed by atoms with Gasteiger partial charge in [0.1, 0.15) is 5.01 Å². The molecule has 5 heteroatoms. The molecule has 3 aromatic rings. The quantitative estimate of drug-likeness (QED) is 0.644. The first-order chi connectivity index (χ1) is 11.2. The number of aryl methyl sites for hydroxylation is 1. The molecule has 0 aliphatic rings. The molecule has 0 saturated carbocycles. The van der Waals surface area contributed by atoms with Gasteiger partial charge in [0.2, 0.25) is 5.91 Å². The van der Waals surface area contributed by atoms with Crippen molar-refractivity contribution in [3.8, 4) is 10.6 Å². The number of hydrogen-bond acceptors (Lipinski definition) is 3. The average Bonchev–Trinajstić information content (AvgIpc) is 2.96. The Hall–Kier alpha value is -1.91. The number of carbonyl (C=O) groups is 1. The van der Waals surface area contributed by atoms with Gasteiger partial charge >= 0.3 is 0 Å². The molecule has 1 amide bonds. The molecule has 118 valence electrons. The van der Waals surface area contributed by atoms with Gasteiger partial charge in [0, 0.05) is 23.6 Å². The van der Waals surface area contributed by atoms with Gasteiger partial charge in [-0.3, -0.25) is 4.79 Å². The second-order valence-corrected chi connectivity index (χ2v) is 6.82. The maximum atomic E-state index is 11.7. The van der Waals surface area contributed by atoms with Crippen LogP contribution in [-0.4, -0.2) is 16.8 Å². The lowest BCUT2D eigenvalue weighted by Crippen LogP contribution is -2.11. The molecule has 0 spiro atoms. The summed E-state index contributed by atoms with van der Waals surface area (Å²) < 4.78 is 1.19. The van der Waals surface area contributed by atoms with E-state index in [2.05, 4.69) is 35.4 Å².